The van der Waals surface area contributed by atoms with Gasteiger partial charge in [-0.25, -0.2) is 0 Å². The van der Waals surface area contributed by atoms with Crippen LogP contribution in [0.25, 0.3) is 0 Å². The highest BCUT2D eigenvalue weighted by molar-refractivity contribution is 5.85. The fourth-order valence-electron chi connectivity index (χ4n) is 2.72. The molecule has 2 fully saturated rings. The van der Waals surface area contributed by atoms with E-state index in [-0.39, 0.29) is 18.3 Å². The Balaban J connectivity index is 0.00000128. The highest BCUT2D eigenvalue weighted by Crippen LogP contribution is 2.21. The molecule has 0 spiro atoms. The molecule has 2 heterocycles. The number of rotatable bonds is 1. The highest BCUT2D eigenvalue weighted by atomic mass is 35.5. The normalized spacial score (nSPS) is 30.7. The maximum Gasteiger partial charge on any atom is 0.227 e. The topological polar surface area (TPSA) is 32.3 Å². The number of hydrogen-bond donors (Lipinski definition) is 1. The van der Waals surface area contributed by atoms with Crippen molar-refractivity contribution in [3.8, 4) is 0 Å². The van der Waals surface area contributed by atoms with Crippen LogP contribution in [0.2, 0.25) is 0 Å². The van der Waals surface area contributed by atoms with Crippen molar-refractivity contribution in [2.45, 2.75) is 45.1 Å². The third kappa shape index (κ3) is 3.11. The predicted octanol–water partition coefficient (Wildman–Crippen LogP) is 1.81. The second-order valence-corrected chi connectivity index (χ2v) is 4.92. The Morgan fingerprint density at radius 2 is 2.06 bits per heavy atom. The summed E-state index contributed by atoms with van der Waals surface area (Å²) in [5.41, 5.74) is 0. The van der Waals surface area contributed by atoms with Crippen LogP contribution in [0.5, 0.6) is 0 Å². The Labute approximate surface area is 104 Å². The van der Waals surface area contributed by atoms with E-state index in [1.165, 1.54) is 19.3 Å². The molecular formula is C12H23ClN2O. The number of nitrogens with one attached hydrogen (secondary N) is 1. The van der Waals surface area contributed by atoms with Crippen LogP contribution in [-0.4, -0.2) is 36.5 Å². The number of nitrogens with zero attached hydrogens (tertiary/aromatic N) is 1. The van der Waals surface area contributed by atoms with Crippen LogP contribution >= 0.6 is 12.4 Å². The van der Waals surface area contributed by atoms with Gasteiger partial charge in [0.05, 0.1) is 5.92 Å². The van der Waals surface area contributed by atoms with Crippen molar-refractivity contribution < 1.29 is 4.79 Å². The molecule has 0 radical (unpaired) electrons. The standard InChI is InChI=1S/C12H22N2O.ClH/c1-10-5-2-3-8-14(10)12(15)11-6-4-7-13-9-11;/h10-11,13H,2-9H2,1H3;1H. The van der Waals surface area contributed by atoms with E-state index in [1.807, 2.05) is 0 Å². The maximum absolute atomic E-state index is 12.2. The van der Waals surface area contributed by atoms with Crippen LogP contribution in [0.15, 0.2) is 0 Å². The van der Waals surface area contributed by atoms with Crippen molar-refractivity contribution in [1.82, 2.24) is 10.2 Å². The second-order valence-electron chi connectivity index (χ2n) is 4.92. The van der Waals surface area contributed by atoms with Gasteiger partial charge in [0.15, 0.2) is 0 Å². The summed E-state index contributed by atoms with van der Waals surface area (Å²) in [6.45, 7) is 5.14. The van der Waals surface area contributed by atoms with E-state index >= 15 is 0 Å². The summed E-state index contributed by atoms with van der Waals surface area (Å²) in [4.78, 5) is 14.4. The van der Waals surface area contributed by atoms with Crippen molar-refractivity contribution >= 4 is 18.3 Å². The van der Waals surface area contributed by atoms with Crippen LogP contribution in [0.3, 0.4) is 0 Å². The van der Waals surface area contributed by atoms with Crippen LogP contribution in [0, 0.1) is 5.92 Å². The number of halogens is 1. The zero-order chi connectivity index (χ0) is 10.7. The fourth-order valence-corrected chi connectivity index (χ4v) is 2.72. The third-order valence-electron chi connectivity index (χ3n) is 3.73. The molecule has 0 aromatic rings. The Kier molecular flexibility index (Phi) is 5.56. The van der Waals surface area contributed by atoms with E-state index in [4.69, 9.17) is 0 Å². The van der Waals surface area contributed by atoms with Crippen molar-refractivity contribution in [2.24, 2.45) is 5.92 Å². The van der Waals surface area contributed by atoms with Gasteiger partial charge in [0.25, 0.3) is 0 Å². The average Bonchev–Trinajstić information content (AvgIpc) is 2.30. The number of amides is 1. The molecule has 2 rings (SSSR count). The number of likely N-dealkylation sites (tertiary alicyclic amines) is 1. The molecule has 0 aromatic heterocycles. The first kappa shape index (κ1) is 13.8. The van der Waals surface area contributed by atoms with Gasteiger partial charge in [-0.2, -0.15) is 0 Å². The summed E-state index contributed by atoms with van der Waals surface area (Å²) in [5, 5.41) is 3.32. The van der Waals surface area contributed by atoms with Crippen LogP contribution in [-0.2, 0) is 4.79 Å². The average molecular weight is 247 g/mol. The summed E-state index contributed by atoms with van der Waals surface area (Å²) >= 11 is 0. The van der Waals surface area contributed by atoms with Gasteiger partial charge in [0.1, 0.15) is 0 Å². The molecule has 4 heteroatoms. The molecule has 2 saturated heterocycles. The molecule has 0 bridgehead atoms. The van der Waals surface area contributed by atoms with E-state index in [0.29, 0.717) is 11.9 Å². The van der Waals surface area contributed by atoms with Crippen molar-refractivity contribution in [3.63, 3.8) is 0 Å². The molecule has 94 valence electrons. The van der Waals surface area contributed by atoms with Crippen LogP contribution in [0.4, 0.5) is 0 Å². The van der Waals surface area contributed by atoms with Gasteiger partial charge in [-0.1, -0.05) is 0 Å². The molecule has 16 heavy (non-hydrogen) atoms. The van der Waals surface area contributed by atoms with Gasteiger partial charge in [-0.15, -0.1) is 12.4 Å². The molecule has 0 aliphatic carbocycles. The zero-order valence-corrected chi connectivity index (χ0v) is 10.9. The molecule has 2 atom stereocenters. The van der Waals surface area contributed by atoms with Gasteiger partial charge in [0.2, 0.25) is 5.91 Å². The first-order valence-corrected chi connectivity index (χ1v) is 6.30. The minimum atomic E-state index is 0. The first-order valence-electron chi connectivity index (χ1n) is 6.30. The van der Waals surface area contributed by atoms with Crippen LogP contribution in [0.1, 0.15) is 39.0 Å². The largest absolute Gasteiger partial charge is 0.340 e. The monoisotopic (exact) mass is 246 g/mol. The summed E-state index contributed by atoms with van der Waals surface area (Å²) < 4.78 is 0. The molecular weight excluding hydrogens is 224 g/mol. The van der Waals surface area contributed by atoms with E-state index in [1.54, 1.807) is 0 Å². The lowest BCUT2D eigenvalue weighted by molar-refractivity contribution is -0.139. The van der Waals surface area contributed by atoms with E-state index in [0.717, 1.165) is 32.5 Å². The first-order chi connectivity index (χ1) is 7.29. The van der Waals surface area contributed by atoms with Crippen molar-refractivity contribution in [2.75, 3.05) is 19.6 Å². The summed E-state index contributed by atoms with van der Waals surface area (Å²) in [6, 6.07) is 0.466. The van der Waals surface area contributed by atoms with Gasteiger partial charge >= 0.3 is 0 Å². The van der Waals surface area contributed by atoms with Gasteiger partial charge in [0, 0.05) is 19.1 Å². The number of carbonyl (C=O) groups excluding carboxylic acids is 1. The molecule has 0 aromatic carbocycles. The lowest BCUT2D eigenvalue weighted by Gasteiger charge is -2.37. The third-order valence-corrected chi connectivity index (χ3v) is 3.73. The van der Waals surface area contributed by atoms with Gasteiger partial charge in [-0.3, -0.25) is 4.79 Å². The SMILES string of the molecule is CC1CCCCN1C(=O)C1CCCNC1.Cl. The quantitative estimate of drug-likeness (QED) is 0.766. The smallest absolute Gasteiger partial charge is 0.227 e. The lowest BCUT2D eigenvalue weighted by Crippen LogP contribution is -2.48. The van der Waals surface area contributed by atoms with E-state index in [9.17, 15) is 4.79 Å². The highest BCUT2D eigenvalue weighted by Gasteiger charge is 2.29. The fraction of sp³-hybridized carbons (Fsp3) is 0.917. The summed E-state index contributed by atoms with van der Waals surface area (Å²) in [5.74, 6) is 0.647. The number of hydrogen-bond acceptors (Lipinski definition) is 2. The van der Waals surface area contributed by atoms with Gasteiger partial charge in [-0.05, 0) is 45.6 Å². The summed E-state index contributed by atoms with van der Waals surface area (Å²) in [6.07, 6.45) is 5.89. The Hall–Kier alpha value is -0.280. The van der Waals surface area contributed by atoms with E-state index in [2.05, 4.69) is 17.1 Å². The minimum absolute atomic E-state index is 0. The van der Waals surface area contributed by atoms with Crippen molar-refractivity contribution in [3.05, 3.63) is 0 Å². The molecule has 2 unspecified atom stereocenters. The minimum Gasteiger partial charge on any atom is -0.340 e. The van der Waals surface area contributed by atoms with E-state index < -0.39 is 0 Å². The molecule has 3 nitrogen and oxygen atoms in total. The zero-order valence-electron chi connectivity index (χ0n) is 10.1. The predicted molar refractivity (Wildman–Crippen MR) is 67.9 cm³/mol. The maximum atomic E-state index is 12.2. The summed E-state index contributed by atoms with van der Waals surface area (Å²) in [7, 11) is 0. The van der Waals surface area contributed by atoms with Crippen molar-refractivity contribution in [1.29, 1.82) is 0 Å². The lowest BCUT2D eigenvalue weighted by atomic mass is 9.95. The Bertz CT molecular complexity index is 229. The molecule has 2 aliphatic rings. The van der Waals surface area contributed by atoms with Gasteiger partial charge < -0.3 is 10.2 Å². The molecule has 0 saturated carbocycles. The molecule has 1 N–H and O–H groups in total. The number of carbonyl (C=O) groups is 1. The number of piperidine rings is 2. The van der Waals surface area contributed by atoms with Crippen LogP contribution < -0.4 is 5.32 Å². The molecule has 1 amide bonds. The molecule has 2 aliphatic heterocycles. The Morgan fingerprint density at radius 1 is 1.25 bits per heavy atom. The Morgan fingerprint density at radius 3 is 2.69 bits per heavy atom. The second kappa shape index (κ2) is 6.45.